The van der Waals surface area contributed by atoms with Gasteiger partial charge in [-0.05, 0) is 20.3 Å². The Morgan fingerprint density at radius 1 is 1.40 bits per heavy atom. The SMILES string of the molecule is CCCCC1NC(C)N(C(C)CN2CCOCC2)C1=O. The van der Waals surface area contributed by atoms with Crippen molar-refractivity contribution < 1.29 is 9.53 Å². The highest BCUT2D eigenvalue weighted by molar-refractivity contribution is 5.84. The predicted molar refractivity (Wildman–Crippen MR) is 79.5 cm³/mol. The van der Waals surface area contributed by atoms with E-state index >= 15 is 0 Å². The third-order valence-electron chi connectivity index (χ3n) is 4.36. The molecule has 2 heterocycles. The Hall–Kier alpha value is -0.650. The van der Waals surface area contributed by atoms with Crippen molar-refractivity contribution in [1.29, 1.82) is 0 Å². The van der Waals surface area contributed by atoms with Crippen molar-refractivity contribution in [2.75, 3.05) is 32.8 Å². The second-order valence-corrected chi connectivity index (χ2v) is 6.04. The summed E-state index contributed by atoms with van der Waals surface area (Å²) < 4.78 is 5.38. The van der Waals surface area contributed by atoms with Gasteiger partial charge in [0, 0.05) is 25.7 Å². The van der Waals surface area contributed by atoms with E-state index in [1.165, 1.54) is 0 Å². The lowest BCUT2D eigenvalue weighted by molar-refractivity contribution is -0.132. The lowest BCUT2D eigenvalue weighted by Gasteiger charge is -2.34. The maximum absolute atomic E-state index is 12.5. The number of morpholine rings is 1. The third kappa shape index (κ3) is 3.71. The van der Waals surface area contributed by atoms with Crippen molar-refractivity contribution in [2.24, 2.45) is 0 Å². The van der Waals surface area contributed by atoms with Crippen LogP contribution in [0, 0.1) is 0 Å². The maximum atomic E-state index is 12.5. The molecule has 2 saturated heterocycles. The molecule has 3 unspecified atom stereocenters. The van der Waals surface area contributed by atoms with Gasteiger partial charge in [-0.15, -0.1) is 0 Å². The fourth-order valence-electron chi connectivity index (χ4n) is 3.27. The zero-order chi connectivity index (χ0) is 14.5. The Bertz CT molecular complexity index is 318. The van der Waals surface area contributed by atoms with E-state index in [0.717, 1.165) is 52.1 Å². The second-order valence-electron chi connectivity index (χ2n) is 6.04. The van der Waals surface area contributed by atoms with Crippen molar-refractivity contribution >= 4 is 5.91 Å². The number of amides is 1. The molecule has 0 aromatic rings. The molecule has 0 saturated carbocycles. The summed E-state index contributed by atoms with van der Waals surface area (Å²) in [6.45, 7) is 11.0. The van der Waals surface area contributed by atoms with Crippen molar-refractivity contribution in [3.8, 4) is 0 Å². The molecule has 0 spiro atoms. The van der Waals surface area contributed by atoms with E-state index in [1.54, 1.807) is 0 Å². The van der Waals surface area contributed by atoms with Gasteiger partial charge in [0.15, 0.2) is 0 Å². The number of rotatable bonds is 6. The molecule has 2 aliphatic heterocycles. The first-order chi connectivity index (χ1) is 9.63. The minimum absolute atomic E-state index is 0.0251. The average Bonchev–Trinajstić information content (AvgIpc) is 2.72. The molecule has 2 fully saturated rings. The second kappa shape index (κ2) is 7.38. The molecular formula is C15H29N3O2. The summed E-state index contributed by atoms with van der Waals surface area (Å²) >= 11 is 0. The number of nitrogens with one attached hydrogen (secondary N) is 1. The van der Waals surface area contributed by atoms with Gasteiger partial charge in [0.25, 0.3) is 0 Å². The third-order valence-corrected chi connectivity index (χ3v) is 4.36. The molecule has 20 heavy (non-hydrogen) atoms. The Labute approximate surface area is 122 Å². The van der Waals surface area contributed by atoms with E-state index in [1.807, 2.05) is 4.90 Å². The predicted octanol–water partition coefficient (Wildman–Crippen LogP) is 1.04. The van der Waals surface area contributed by atoms with Gasteiger partial charge in [0.05, 0.1) is 25.4 Å². The zero-order valence-electron chi connectivity index (χ0n) is 13.1. The molecule has 0 bridgehead atoms. The highest BCUT2D eigenvalue weighted by atomic mass is 16.5. The fourth-order valence-corrected chi connectivity index (χ4v) is 3.27. The number of carbonyl (C=O) groups is 1. The first kappa shape index (κ1) is 15.7. The first-order valence-corrected chi connectivity index (χ1v) is 8.01. The average molecular weight is 283 g/mol. The Morgan fingerprint density at radius 3 is 2.75 bits per heavy atom. The largest absolute Gasteiger partial charge is 0.379 e. The van der Waals surface area contributed by atoms with Crippen LogP contribution in [0.2, 0.25) is 0 Å². The molecule has 1 N–H and O–H groups in total. The zero-order valence-corrected chi connectivity index (χ0v) is 13.1. The Morgan fingerprint density at radius 2 is 2.10 bits per heavy atom. The van der Waals surface area contributed by atoms with E-state index in [4.69, 9.17) is 4.74 Å². The molecule has 0 aromatic carbocycles. The van der Waals surface area contributed by atoms with E-state index < -0.39 is 0 Å². The van der Waals surface area contributed by atoms with Crippen molar-refractivity contribution in [3.05, 3.63) is 0 Å². The van der Waals surface area contributed by atoms with E-state index in [9.17, 15) is 4.79 Å². The minimum atomic E-state index is 0.0251. The monoisotopic (exact) mass is 283 g/mol. The van der Waals surface area contributed by atoms with Gasteiger partial charge in [0.2, 0.25) is 5.91 Å². The Balaban J connectivity index is 1.87. The molecule has 5 nitrogen and oxygen atoms in total. The van der Waals surface area contributed by atoms with Crippen molar-refractivity contribution in [2.45, 2.75) is 58.3 Å². The first-order valence-electron chi connectivity index (χ1n) is 8.01. The van der Waals surface area contributed by atoms with Crippen LogP contribution < -0.4 is 5.32 Å². The van der Waals surface area contributed by atoms with Crippen LogP contribution in [0.1, 0.15) is 40.0 Å². The maximum Gasteiger partial charge on any atom is 0.241 e. The molecule has 5 heteroatoms. The summed E-state index contributed by atoms with van der Waals surface area (Å²) in [5.41, 5.74) is 0. The van der Waals surface area contributed by atoms with Crippen LogP contribution in [0.15, 0.2) is 0 Å². The molecular weight excluding hydrogens is 254 g/mol. The summed E-state index contributed by atoms with van der Waals surface area (Å²) in [5.74, 6) is 0.284. The lowest BCUT2D eigenvalue weighted by Crippen LogP contribution is -2.49. The highest BCUT2D eigenvalue weighted by Crippen LogP contribution is 2.19. The molecule has 0 aromatic heterocycles. The van der Waals surface area contributed by atoms with Crippen LogP contribution in [0.5, 0.6) is 0 Å². The minimum Gasteiger partial charge on any atom is -0.379 e. The normalized spacial score (nSPS) is 29.9. The summed E-state index contributed by atoms with van der Waals surface area (Å²) in [4.78, 5) is 17.0. The molecule has 1 amide bonds. The molecule has 2 aliphatic rings. The van der Waals surface area contributed by atoms with Crippen molar-refractivity contribution in [3.63, 3.8) is 0 Å². The number of carbonyl (C=O) groups excluding carboxylic acids is 1. The number of nitrogens with zero attached hydrogens (tertiary/aromatic N) is 2. The summed E-state index contributed by atoms with van der Waals surface area (Å²) in [6.07, 6.45) is 3.37. The lowest BCUT2D eigenvalue weighted by atomic mass is 10.1. The van der Waals surface area contributed by atoms with Crippen LogP contribution in [0.25, 0.3) is 0 Å². The number of hydrogen-bond acceptors (Lipinski definition) is 4. The topological polar surface area (TPSA) is 44.8 Å². The summed E-state index contributed by atoms with van der Waals surface area (Å²) in [6, 6.07) is 0.284. The molecule has 116 valence electrons. The van der Waals surface area contributed by atoms with Crippen LogP contribution in [-0.2, 0) is 9.53 Å². The van der Waals surface area contributed by atoms with Gasteiger partial charge in [0.1, 0.15) is 0 Å². The van der Waals surface area contributed by atoms with Gasteiger partial charge < -0.3 is 9.64 Å². The quantitative estimate of drug-likeness (QED) is 0.791. The number of hydrogen-bond donors (Lipinski definition) is 1. The summed E-state index contributed by atoms with van der Waals surface area (Å²) in [7, 11) is 0. The van der Waals surface area contributed by atoms with E-state index in [2.05, 4.69) is 31.0 Å². The summed E-state index contributed by atoms with van der Waals surface area (Å²) in [5, 5.41) is 3.44. The van der Waals surface area contributed by atoms with E-state index in [0.29, 0.717) is 0 Å². The standard InChI is InChI=1S/C15H29N3O2/c1-4-5-6-14-15(19)18(13(3)16-14)12(2)11-17-7-9-20-10-8-17/h12-14,16H,4-11H2,1-3H3. The van der Waals surface area contributed by atoms with E-state index in [-0.39, 0.29) is 24.2 Å². The fraction of sp³-hybridized carbons (Fsp3) is 0.933. The van der Waals surface area contributed by atoms with Crippen LogP contribution in [-0.4, -0.2) is 66.8 Å². The smallest absolute Gasteiger partial charge is 0.241 e. The molecule has 3 atom stereocenters. The number of ether oxygens (including phenoxy) is 1. The van der Waals surface area contributed by atoms with Crippen LogP contribution in [0.3, 0.4) is 0 Å². The highest BCUT2D eigenvalue weighted by Gasteiger charge is 2.38. The van der Waals surface area contributed by atoms with Crippen LogP contribution >= 0.6 is 0 Å². The van der Waals surface area contributed by atoms with Gasteiger partial charge in [-0.1, -0.05) is 19.8 Å². The van der Waals surface area contributed by atoms with Gasteiger partial charge in [-0.25, -0.2) is 0 Å². The van der Waals surface area contributed by atoms with Gasteiger partial charge >= 0.3 is 0 Å². The molecule has 2 rings (SSSR count). The number of unbranched alkanes of at least 4 members (excludes halogenated alkanes) is 1. The molecule has 0 radical (unpaired) electrons. The van der Waals surface area contributed by atoms with Gasteiger partial charge in [-0.3, -0.25) is 15.0 Å². The van der Waals surface area contributed by atoms with Gasteiger partial charge in [-0.2, -0.15) is 0 Å². The van der Waals surface area contributed by atoms with Crippen molar-refractivity contribution in [1.82, 2.24) is 15.1 Å². The Kier molecular flexibility index (Phi) is 5.81. The molecule has 0 aliphatic carbocycles. The van der Waals surface area contributed by atoms with Crippen LogP contribution in [0.4, 0.5) is 0 Å².